The SMILES string of the molecule is CCCNCc1cccc(S(=O)(=O)NCC(F)F)c1C. The van der Waals surface area contributed by atoms with Crippen molar-refractivity contribution in [3.63, 3.8) is 0 Å². The Balaban J connectivity index is 2.92. The van der Waals surface area contributed by atoms with Crippen molar-refractivity contribution >= 4 is 10.0 Å². The number of hydrogen-bond donors (Lipinski definition) is 2. The molecule has 4 nitrogen and oxygen atoms in total. The number of benzene rings is 1. The molecular formula is C13H20F2N2O2S. The molecule has 2 N–H and O–H groups in total. The Hall–Kier alpha value is -1.05. The van der Waals surface area contributed by atoms with Gasteiger partial charge in [-0.15, -0.1) is 0 Å². The van der Waals surface area contributed by atoms with Crippen molar-refractivity contribution in [2.45, 2.75) is 38.1 Å². The number of nitrogens with one attached hydrogen (secondary N) is 2. The van der Waals surface area contributed by atoms with Crippen molar-refractivity contribution in [2.24, 2.45) is 0 Å². The number of sulfonamides is 1. The van der Waals surface area contributed by atoms with Gasteiger partial charge in [0.25, 0.3) is 6.43 Å². The van der Waals surface area contributed by atoms with Crippen molar-refractivity contribution in [3.05, 3.63) is 29.3 Å². The third-order valence-corrected chi connectivity index (χ3v) is 4.42. The van der Waals surface area contributed by atoms with Crippen LogP contribution in [-0.4, -0.2) is 27.9 Å². The largest absolute Gasteiger partial charge is 0.313 e. The van der Waals surface area contributed by atoms with Gasteiger partial charge in [0.2, 0.25) is 10.0 Å². The first-order valence-corrected chi connectivity index (χ1v) is 7.93. The number of halogens is 2. The number of rotatable bonds is 8. The Bertz CT molecular complexity index is 533. The van der Waals surface area contributed by atoms with Crippen LogP contribution < -0.4 is 10.0 Å². The molecule has 1 aromatic rings. The van der Waals surface area contributed by atoms with Crippen LogP contribution in [0.3, 0.4) is 0 Å². The van der Waals surface area contributed by atoms with Gasteiger partial charge in [0.1, 0.15) is 0 Å². The summed E-state index contributed by atoms with van der Waals surface area (Å²) in [5.74, 6) is 0. The van der Waals surface area contributed by atoms with Crippen molar-refractivity contribution in [3.8, 4) is 0 Å². The lowest BCUT2D eigenvalue weighted by Crippen LogP contribution is -2.29. The van der Waals surface area contributed by atoms with Crippen LogP contribution in [0.2, 0.25) is 0 Å². The van der Waals surface area contributed by atoms with E-state index in [4.69, 9.17) is 0 Å². The van der Waals surface area contributed by atoms with Gasteiger partial charge in [0.15, 0.2) is 0 Å². The fourth-order valence-corrected chi connectivity index (χ4v) is 3.09. The van der Waals surface area contributed by atoms with E-state index in [1.807, 2.05) is 17.7 Å². The molecule has 0 aliphatic carbocycles. The number of alkyl halides is 2. The molecule has 0 fully saturated rings. The van der Waals surface area contributed by atoms with E-state index in [9.17, 15) is 17.2 Å². The summed E-state index contributed by atoms with van der Waals surface area (Å²) in [4.78, 5) is 0.0500. The zero-order valence-corrected chi connectivity index (χ0v) is 12.4. The van der Waals surface area contributed by atoms with E-state index in [0.717, 1.165) is 18.5 Å². The van der Waals surface area contributed by atoms with Gasteiger partial charge < -0.3 is 5.32 Å². The number of hydrogen-bond acceptors (Lipinski definition) is 3. The van der Waals surface area contributed by atoms with Crippen LogP contribution in [0.5, 0.6) is 0 Å². The van der Waals surface area contributed by atoms with E-state index in [-0.39, 0.29) is 4.90 Å². The van der Waals surface area contributed by atoms with Crippen LogP contribution in [0.25, 0.3) is 0 Å². The Kier molecular flexibility index (Phi) is 6.51. The van der Waals surface area contributed by atoms with Crippen LogP contribution in [0.4, 0.5) is 8.78 Å². The minimum absolute atomic E-state index is 0.0500. The molecule has 0 aliphatic heterocycles. The van der Waals surface area contributed by atoms with E-state index in [1.165, 1.54) is 6.07 Å². The first kappa shape index (κ1) is 17.0. The molecule has 1 aromatic carbocycles. The second-order valence-corrected chi connectivity index (χ2v) is 6.20. The Morgan fingerprint density at radius 1 is 1.30 bits per heavy atom. The van der Waals surface area contributed by atoms with Crippen molar-refractivity contribution in [2.75, 3.05) is 13.1 Å². The second kappa shape index (κ2) is 7.66. The lowest BCUT2D eigenvalue weighted by atomic mass is 10.1. The maximum Gasteiger partial charge on any atom is 0.251 e. The molecule has 0 atom stereocenters. The van der Waals surface area contributed by atoms with Crippen molar-refractivity contribution in [1.82, 2.24) is 10.0 Å². The minimum Gasteiger partial charge on any atom is -0.313 e. The van der Waals surface area contributed by atoms with Gasteiger partial charge in [-0.3, -0.25) is 0 Å². The van der Waals surface area contributed by atoms with E-state index in [1.54, 1.807) is 13.0 Å². The highest BCUT2D eigenvalue weighted by Gasteiger charge is 2.19. The maximum atomic E-state index is 12.1. The third kappa shape index (κ3) is 4.81. The van der Waals surface area contributed by atoms with Crippen LogP contribution >= 0.6 is 0 Å². The average Bonchev–Trinajstić information content (AvgIpc) is 2.38. The van der Waals surface area contributed by atoms with Crippen LogP contribution in [0, 0.1) is 6.92 Å². The summed E-state index contributed by atoms with van der Waals surface area (Å²) in [6.07, 6.45) is -1.73. The average molecular weight is 306 g/mol. The molecule has 0 aliphatic rings. The summed E-state index contributed by atoms with van der Waals surface area (Å²) < 4.78 is 50.1. The molecule has 0 saturated heterocycles. The van der Waals surface area contributed by atoms with Crippen LogP contribution in [0.15, 0.2) is 23.1 Å². The molecule has 0 bridgehead atoms. The Morgan fingerprint density at radius 2 is 2.00 bits per heavy atom. The molecule has 7 heteroatoms. The monoisotopic (exact) mass is 306 g/mol. The Morgan fingerprint density at radius 3 is 2.60 bits per heavy atom. The van der Waals surface area contributed by atoms with Gasteiger partial charge >= 0.3 is 0 Å². The van der Waals surface area contributed by atoms with Gasteiger partial charge in [0, 0.05) is 6.54 Å². The fraction of sp³-hybridized carbons (Fsp3) is 0.538. The lowest BCUT2D eigenvalue weighted by molar-refractivity contribution is 0.153. The minimum atomic E-state index is -3.90. The molecule has 20 heavy (non-hydrogen) atoms. The summed E-state index contributed by atoms with van der Waals surface area (Å²) >= 11 is 0. The van der Waals surface area contributed by atoms with Gasteiger partial charge in [-0.05, 0) is 37.1 Å². The zero-order chi connectivity index (χ0) is 15.2. The molecule has 0 aromatic heterocycles. The van der Waals surface area contributed by atoms with Crippen LogP contribution in [-0.2, 0) is 16.6 Å². The summed E-state index contributed by atoms with van der Waals surface area (Å²) in [6, 6.07) is 4.86. The molecular weight excluding hydrogens is 286 g/mol. The summed E-state index contributed by atoms with van der Waals surface area (Å²) in [6.45, 7) is 4.23. The van der Waals surface area contributed by atoms with E-state index < -0.39 is 23.0 Å². The van der Waals surface area contributed by atoms with E-state index in [0.29, 0.717) is 12.1 Å². The van der Waals surface area contributed by atoms with Crippen LogP contribution in [0.1, 0.15) is 24.5 Å². The maximum absolute atomic E-state index is 12.1. The molecule has 0 saturated carbocycles. The first-order chi connectivity index (χ1) is 9.38. The predicted octanol–water partition coefficient (Wildman–Crippen LogP) is 2.04. The summed E-state index contributed by atoms with van der Waals surface area (Å²) in [7, 11) is -3.90. The van der Waals surface area contributed by atoms with Gasteiger partial charge in [-0.25, -0.2) is 21.9 Å². The lowest BCUT2D eigenvalue weighted by Gasteiger charge is -2.13. The second-order valence-electron chi connectivity index (χ2n) is 4.46. The molecule has 114 valence electrons. The van der Waals surface area contributed by atoms with Gasteiger partial charge in [0.05, 0.1) is 11.4 Å². The van der Waals surface area contributed by atoms with Crippen molar-refractivity contribution < 1.29 is 17.2 Å². The normalized spacial score (nSPS) is 12.1. The highest BCUT2D eigenvalue weighted by molar-refractivity contribution is 7.89. The molecule has 0 unspecified atom stereocenters. The fourth-order valence-electron chi connectivity index (χ4n) is 1.79. The first-order valence-electron chi connectivity index (χ1n) is 6.45. The zero-order valence-electron chi connectivity index (χ0n) is 11.6. The standard InChI is InChI=1S/C13H20F2N2O2S/c1-3-7-16-8-11-5-4-6-12(10(11)2)20(18,19)17-9-13(14)15/h4-6,13,16-17H,3,7-9H2,1-2H3. The van der Waals surface area contributed by atoms with Gasteiger partial charge in [-0.2, -0.15) is 0 Å². The smallest absolute Gasteiger partial charge is 0.251 e. The highest BCUT2D eigenvalue weighted by Crippen LogP contribution is 2.19. The van der Waals surface area contributed by atoms with E-state index >= 15 is 0 Å². The topological polar surface area (TPSA) is 58.2 Å². The predicted molar refractivity (Wildman–Crippen MR) is 74.4 cm³/mol. The van der Waals surface area contributed by atoms with E-state index in [2.05, 4.69) is 5.32 Å². The molecule has 0 heterocycles. The molecule has 1 rings (SSSR count). The highest BCUT2D eigenvalue weighted by atomic mass is 32.2. The molecule has 0 spiro atoms. The molecule has 0 radical (unpaired) electrons. The summed E-state index contributed by atoms with van der Waals surface area (Å²) in [5, 5.41) is 3.19. The Labute approximate surface area is 118 Å². The molecule has 0 amide bonds. The van der Waals surface area contributed by atoms with Gasteiger partial charge in [-0.1, -0.05) is 19.1 Å². The third-order valence-electron chi connectivity index (χ3n) is 2.86. The van der Waals surface area contributed by atoms with Crippen molar-refractivity contribution in [1.29, 1.82) is 0 Å². The quantitative estimate of drug-likeness (QED) is 0.723. The summed E-state index contributed by atoms with van der Waals surface area (Å²) in [5.41, 5.74) is 1.43.